The summed E-state index contributed by atoms with van der Waals surface area (Å²) in [7, 11) is 0. The molecule has 0 atom stereocenters. The molecule has 0 saturated carbocycles. The fourth-order valence-corrected chi connectivity index (χ4v) is 2.15. The van der Waals surface area contributed by atoms with E-state index < -0.39 is 0 Å². The Labute approximate surface area is 104 Å². The molecule has 1 aromatic carbocycles. The van der Waals surface area contributed by atoms with Crippen LogP contribution in [0.4, 0.5) is 5.82 Å². The molecule has 0 fully saturated rings. The SMILES string of the molecule is Cc1ccc(O)c(-c2cc(N)nc3[nH]ccc23)c1. The lowest BCUT2D eigenvalue weighted by Gasteiger charge is -2.08. The molecule has 2 aromatic heterocycles. The number of aryl methyl sites for hydroxylation is 1. The van der Waals surface area contributed by atoms with Crippen molar-refractivity contribution >= 4 is 16.9 Å². The van der Waals surface area contributed by atoms with E-state index >= 15 is 0 Å². The Morgan fingerprint density at radius 3 is 2.83 bits per heavy atom. The number of hydrogen-bond donors (Lipinski definition) is 3. The van der Waals surface area contributed by atoms with E-state index in [9.17, 15) is 5.11 Å². The van der Waals surface area contributed by atoms with Gasteiger partial charge in [0.05, 0.1) is 0 Å². The average molecular weight is 239 g/mol. The minimum atomic E-state index is 0.244. The number of nitrogen functional groups attached to an aromatic ring is 1. The van der Waals surface area contributed by atoms with Crippen LogP contribution in [0.2, 0.25) is 0 Å². The van der Waals surface area contributed by atoms with Crippen molar-refractivity contribution in [3.8, 4) is 16.9 Å². The van der Waals surface area contributed by atoms with Gasteiger partial charge < -0.3 is 15.8 Å². The van der Waals surface area contributed by atoms with Crippen LogP contribution in [0.25, 0.3) is 22.2 Å². The number of H-pyrrole nitrogens is 1. The summed E-state index contributed by atoms with van der Waals surface area (Å²) in [6, 6.07) is 9.22. The van der Waals surface area contributed by atoms with E-state index in [2.05, 4.69) is 9.97 Å². The van der Waals surface area contributed by atoms with Crippen molar-refractivity contribution < 1.29 is 5.11 Å². The lowest BCUT2D eigenvalue weighted by Crippen LogP contribution is -1.92. The first-order valence-electron chi connectivity index (χ1n) is 5.69. The fourth-order valence-electron chi connectivity index (χ4n) is 2.15. The van der Waals surface area contributed by atoms with Gasteiger partial charge in [-0.3, -0.25) is 0 Å². The average Bonchev–Trinajstić information content (AvgIpc) is 2.79. The van der Waals surface area contributed by atoms with Crippen molar-refractivity contribution in [1.82, 2.24) is 9.97 Å². The number of aromatic nitrogens is 2. The van der Waals surface area contributed by atoms with E-state index in [0.717, 1.165) is 27.7 Å². The molecule has 18 heavy (non-hydrogen) atoms. The number of nitrogens with zero attached hydrogens (tertiary/aromatic N) is 1. The van der Waals surface area contributed by atoms with Crippen LogP contribution < -0.4 is 5.73 Å². The Morgan fingerprint density at radius 1 is 1.17 bits per heavy atom. The summed E-state index contributed by atoms with van der Waals surface area (Å²) in [5.41, 5.74) is 9.27. The quantitative estimate of drug-likeness (QED) is 0.611. The van der Waals surface area contributed by atoms with E-state index in [4.69, 9.17) is 5.73 Å². The Kier molecular flexibility index (Phi) is 2.23. The van der Waals surface area contributed by atoms with Crippen LogP contribution in [-0.2, 0) is 0 Å². The van der Waals surface area contributed by atoms with E-state index in [1.54, 1.807) is 12.1 Å². The summed E-state index contributed by atoms with van der Waals surface area (Å²) >= 11 is 0. The smallest absolute Gasteiger partial charge is 0.140 e. The van der Waals surface area contributed by atoms with Gasteiger partial charge in [-0.05, 0) is 31.2 Å². The zero-order chi connectivity index (χ0) is 12.7. The van der Waals surface area contributed by atoms with E-state index in [0.29, 0.717) is 5.82 Å². The van der Waals surface area contributed by atoms with E-state index in [-0.39, 0.29) is 5.75 Å². The molecule has 3 rings (SSSR count). The molecule has 4 N–H and O–H groups in total. The topological polar surface area (TPSA) is 74.9 Å². The fraction of sp³-hybridized carbons (Fsp3) is 0.0714. The highest BCUT2D eigenvalue weighted by Crippen LogP contribution is 2.35. The maximum absolute atomic E-state index is 10.0. The molecular weight excluding hydrogens is 226 g/mol. The molecule has 3 aromatic rings. The van der Waals surface area contributed by atoms with E-state index in [1.807, 2.05) is 31.3 Å². The number of nitrogens with two attached hydrogens (primary N) is 1. The van der Waals surface area contributed by atoms with Gasteiger partial charge in [-0.1, -0.05) is 11.6 Å². The Bertz CT molecular complexity index is 731. The molecule has 0 saturated heterocycles. The molecule has 2 heterocycles. The summed E-state index contributed by atoms with van der Waals surface area (Å²) in [4.78, 5) is 7.25. The molecule has 0 unspecified atom stereocenters. The van der Waals surface area contributed by atoms with Gasteiger partial charge in [-0.15, -0.1) is 0 Å². The number of anilines is 1. The number of pyridine rings is 1. The predicted octanol–water partition coefficient (Wildman–Crippen LogP) is 2.83. The third kappa shape index (κ3) is 1.59. The Morgan fingerprint density at radius 2 is 2.00 bits per heavy atom. The highest BCUT2D eigenvalue weighted by atomic mass is 16.3. The molecule has 90 valence electrons. The lowest BCUT2D eigenvalue weighted by molar-refractivity contribution is 0.477. The third-order valence-electron chi connectivity index (χ3n) is 2.99. The first-order chi connectivity index (χ1) is 8.65. The van der Waals surface area contributed by atoms with Gasteiger partial charge in [0.1, 0.15) is 17.2 Å². The number of benzene rings is 1. The minimum absolute atomic E-state index is 0.244. The number of hydrogen-bond acceptors (Lipinski definition) is 3. The van der Waals surface area contributed by atoms with Gasteiger partial charge in [-0.2, -0.15) is 0 Å². The van der Waals surface area contributed by atoms with Crippen LogP contribution in [-0.4, -0.2) is 15.1 Å². The summed E-state index contributed by atoms with van der Waals surface area (Å²) in [5.74, 6) is 0.676. The second-order valence-corrected chi connectivity index (χ2v) is 4.36. The maximum atomic E-state index is 10.0. The molecule has 4 nitrogen and oxygen atoms in total. The summed E-state index contributed by atoms with van der Waals surface area (Å²) in [6.07, 6.45) is 1.81. The molecule has 4 heteroatoms. The summed E-state index contributed by atoms with van der Waals surface area (Å²) < 4.78 is 0. The van der Waals surface area contributed by atoms with Crippen LogP contribution in [0.1, 0.15) is 5.56 Å². The van der Waals surface area contributed by atoms with Crippen LogP contribution >= 0.6 is 0 Å². The zero-order valence-corrected chi connectivity index (χ0v) is 9.94. The Hall–Kier alpha value is -2.49. The Balaban J connectivity index is 2.37. The minimum Gasteiger partial charge on any atom is -0.507 e. The number of aromatic amines is 1. The number of aromatic hydroxyl groups is 1. The van der Waals surface area contributed by atoms with Gasteiger partial charge in [0.15, 0.2) is 0 Å². The molecular formula is C14H13N3O. The second-order valence-electron chi connectivity index (χ2n) is 4.36. The predicted molar refractivity (Wildman–Crippen MR) is 72.3 cm³/mol. The molecule has 0 aliphatic rings. The zero-order valence-electron chi connectivity index (χ0n) is 9.94. The van der Waals surface area contributed by atoms with Crippen LogP contribution in [0.3, 0.4) is 0 Å². The number of phenolic OH excluding ortho intramolecular Hbond substituents is 1. The van der Waals surface area contributed by atoms with Crippen LogP contribution in [0, 0.1) is 6.92 Å². The summed E-state index contributed by atoms with van der Waals surface area (Å²) in [6.45, 7) is 1.99. The molecule has 0 aliphatic carbocycles. The normalized spacial score (nSPS) is 10.9. The molecule has 0 radical (unpaired) electrons. The van der Waals surface area contributed by atoms with Crippen molar-refractivity contribution in [1.29, 1.82) is 0 Å². The molecule has 0 aliphatic heterocycles. The van der Waals surface area contributed by atoms with Crippen LogP contribution in [0.5, 0.6) is 5.75 Å². The third-order valence-corrected chi connectivity index (χ3v) is 2.99. The van der Waals surface area contributed by atoms with Gasteiger partial charge >= 0.3 is 0 Å². The molecule has 0 bridgehead atoms. The lowest BCUT2D eigenvalue weighted by atomic mass is 10.0. The number of phenols is 1. The van der Waals surface area contributed by atoms with E-state index in [1.165, 1.54) is 0 Å². The molecule has 0 amide bonds. The highest BCUT2D eigenvalue weighted by Gasteiger charge is 2.11. The number of nitrogens with one attached hydrogen (secondary N) is 1. The molecule has 0 spiro atoms. The van der Waals surface area contributed by atoms with Gasteiger partial charge in [0.25, 0.3) is 0 Å². The van der Waals surface area contributed by atoms with Gasteiger partial charge in [0.2, 0.25) is 0 Å². The summed E-state index contributed by atoms with van der Waals surface area (Å²) in [5, 5.41) is 11.0. The van der Waals surface area contributed by atoms with Crippen molar-refractivity contribution in [3.63, 3.8) is 0 Å². The largest absolute Gasteiger partial charge is 0.507 e. The van der Waals surface area contributed by atoms with Gasteiger partial charge in [-0.25, -0.2) is 4.98 Å². The van der Waals surface area contributed by atoms with Crippen molar-refractivity contribution in [2.75, 3.05) is 5.73 Å². The standard InChI is InChI=1S/C14H13N3O/c1-8-2-3-12(18)11(6-8)10-7-13(15)17-14-9(10)4-5-16-14/h2-7,18H,1H3,(H3,15,16,17). The number of fused-ring (bicyclic) bond motifs is 1. The number of rotatable bonds is 1. The van der Waals surface area contributed by atoms with Crippen molar-refractivity contribution in [2.24, 2.45) is 0 Å². The first kappa shape index (κ1) is 10.7. The van der Waals surface area contributed by atoms with Gasteiger partial charge in [0, 0.05) is 22.7 Å². The first-order valence-corrected chi connectivity index (χ1v) is 5.69. The highest BCUT2D eigenvalue weighted by molar-refractivity contribution is 5.96. The van der Waals surface area contributed by atoms with Crippen LogP contribution in [0.15, 0.2) is 36.5 Å². The van der Waals surface area contributed by atoms with Crippen molar-refractivity contribution in [3.05, 3.63) is 42.1 Å². The maximum Gasteiger partial charge on any atom is 0.140 e. The second kappa shape index (κ2) is 3.77. The van der Waals surface area contributed by atoms with Crippen molar-refractivity contribution in [2.45, 2.75) is 6.92 Å². The monoisotopic (exact) mass is 239 g/mol.